The van der Waals surface area contributed by atoms with Crippen LogP contribution in [0.3, 0.4) is 0 Å². The summed E-state index contributed by atoms with van der Waals surface area (Å²) in [7, 11) is -3.64. The van der Waals surface area contributed by atoms with Gasteiger partial charge in [-0.3, -0.25) is 9.52 Å². The van der Waals surface area contributed by atoms with Crippen LogP contribution in [0, 0.1) is 5.82 Å². The molecule has 32 heavy (non-hydrogen) atoms. The van der Waals surface area contributed by atoms with Crippen LogP contribution in [-0.2, 0) is 38.9 Å². The van der Waals surface area contributed by atoms with Crippen molar-refractivity contribution in [3.05, 3.63) is 64.7 Å². The Morgan fingerprint density at radius 3 is 2.53 bits per heavy atom. The molecule has 174 valence electrons. The zero-order chi connectivity index (χ0) is 23.9. The summed E-state index contributed by atoms with van der Waals surface area (Å²) in [6, 6.07) is 5.72. The molecule has 0 aliphatic rings. The Kier molecular flexibility index (Phi) is 8.33. The lowest BCUT2D eigenvalue weighted by atomic mass is 10.1. The smallest absolute Gasteiger partial charge is 0.375 e. The molecule has 0 unspecified atom stereocenters. The number of hydrogen-bond donors (Lipinski definition) is 2. The molecule has 0 atom stereocenters. The van der Waals surface area contributed by atoms with E-state index in [0.717, 1.165) is 24.5 Å². The fourth-order valence-corrected chi connectivity index (χ4v) is 3.07. The fourth-order valence-electron chi connectivity index (χ4n) is 2.50. The lowest BCUT2D eigenvalue weighted by Gasteiger charge is -2.11. The van der Waals surface area contributed by atoms with Crippen LogP contribution in [-0.4, -0.2) is 32.2 Å². The number of sulfonamides is 1. The van der Waals surface area contributed by atoms with Gasteiger partial charge in [0.2, 0.25) is 15.9 Å². The van der Waals surface area contributed by atoms with Gasteiger partial charge in [-0.2, -0.15) is 13.2 Å². The summed E-state index contributed by atoms with van der Waals surface area (Å²) in [4.78, 5) is 15.6. The highest BCUT2D eigenvalue weighted by molar-refractivity contribution is 7.92. The van der Waals surface area contributed by atoms with E-state index in [0.29, 0.717) is 5.56 Å². The predicted molar refractivity (Wildman–Crippen MR) is 110 cm³/mol. The standard InChI is InChI=1S/C20H21F4N3O4S/c1-3-31-12-17-14(5-8-18(26-17)20(22,23)24)6-9-19(28)25-11-13-4-7-16(15(21)10-13)27-32(2,29)30/h4-10,27H,3,11-12H2,1-2H3,(H,25,28)/b9-6+. The van der Waals surface area contributed by atoms with E-state index in [1.807, 2.05) is 4.72 Å². The van der Waals surface area contributed by atoms with E-state index >= 15 is 0 Å². The number of carbonyl (C=O) groups excluding carboxylic acids is 1. The third-order valence-corrected chi connectivity index (χ3v) is 4.54. The van der Waals surface area contributed by atoms with Crippen molar-refractivity contribution in [2.24, 2.45) is 0 Å². The number of ether oxygens (including phenoxy) is 1. The lowest BCUT2D eigenvalue weighted by Crippen LogP contribution is -2.20. The van der Waals surface area contributed by atoms with Crippen LogP contribution >= 0.6 is 0 Å². The van der Waals surface area contributed by atoms with Crippen LogP contribution in [0.2, 0.25) is 0 Å². The molecule has 0 bridgehead atoms. The highest BCUT2D eigenvalue weighted by Gasteiger charge is 2.32. The minimum atomic E-state index is -4.61. The molecule has 0 radical (unpaired) electrons. The van der Waals surface area contributed by atoms with Gasteiger partial charge in [-0.1, -0.05) is 12.1 Å². The fraction of sp³-hybridized carbons (Fsp3) is 0.300. The zero-order valence-electron chi connectivity index (χ0n) is 17.2. The maximum absolute atomic E-state index is 14.0. The van der Waals surface area contributed by atoms with E-state index in [2.05, 4.69) is 10.3 Å². The summed E-state index contributed by atoms with van der Waals surface area (Å²) in [5, 5.41) is 2.50. The van der Waals surface area contributed by atoms with Crippen LogP contribution in [0.15, 0.2) is 36.4 Å². The predicted octanol–water partition coefficient (Wildman–Crippen LogP) is 3.48. The monoisotopic (exact) mass is 475 g/mol. The minimum Gasteiger partial charge on any atom is -0.375 e. The maximum atomic E-state index is 14.0. The SMILES string of the molecule is CCOCc1nc(C(F)(F)F)ccc1/C=C/C(=O)NCc1ccc(NS(C)(=O)=O)c(F)c1. The molecule has 0 saturated heterocycles. The summed E-state index contributed by atoms with van der Waals surface area (Å²) in [5.41, 5.74) is -0.606. The lowest BCUT2D eigenvalue weighted by molar-refractivity contribution is -0.141. The first kappa shape index (κ1) is 25.3. The van der Waals surface area contributed by atoms with E-state index in [1.54, 1.807) is 6.92 Å². The van der Waals surface area contributed by atoms with Gasteiger partial charge in [0.1, 0.15) is 11.5 Å². The van der Waals surface area contributed by atoms with Gasteiger partial charge in [0, 0.05) is 19.2 Å². The van der Waals surface area contributed by atoms with Crippen molar-refractivity contribution in [1.29, 1.82) is 0 Å². The van der Waals surface area contributed by atoms with Crippen LogP contribution in [0.4, 0.5) is 23.2 Å². The summed E-state index contributed by atoms with van der Waals surface area (Å²) in [6.07, 6.45) is -1.31. The Hall–Kier alpha value is -2.99. The second kappa shape index (κ2) is 10.6. The number of pyridine rings is 1. The third kappa shape index (κ3) is 7.93. The summed E-state index contributed by atoms with van der Waals surface area (Å²) in [6.45, 7) is 1.74. The molecule has 0 spiro atoms. The van der Waals surface area contributed by atoms with Gasteiger partial charge >= 0.3 is 6.18 Å². The molecule has 0 aliphatic carbocycles. The Balaban J connectivity index is 2.06. The van der Waals surface area contributed by atoms with E-state index in [1.165, 1.54) is 24.3 Å². The Morgan fingerprint density at radius 2 is 1.94 bits per heavy atom. The molecular formula is C20H21F4N3O4S. The highest BCUT2D eigenvalue weighted by Crippen LogP contribution is 2.28. The number of alkyl halides is 3. The molecule has 0 saturated carbocycles. The Labute approximate surface area is 182 Å². The molecule has 1 heterocycles. The summed E-state index contributed by atoms with van der Waals surface area (Å²) >= 11 is 0. The van der Waals surface area contributed by atoms with Crippen LogP contribution in [0.25, 0.3) is 6.08 Å². The quantitative estimate of drug-likeness (QED) is 0.428. The molecule has 7 nitrogen and oxygen atoms in total. The molecule has 2 aromatic rings. The van der Waals surface area contributed by atoms with Gasteiger partial charge in [0.25, 0.3) is 0 Å². The van der Waals surface area contributed by atoms with Gasteiger partial charge in [-0.05, 0) is 42.3 Å². The second-order valence-corrected chi connectivity index (χ2v) is 8.36. The number of nitrogens with zero attached hydrogens (tertiary/aromatic N) is 1. The van der Waals surface area contributed by atoms with E-state index in [9.17, 15) is 30.8 Å². The normalized spacial score (nSPS) is 12.2. The molecule has 0 fully saturated rings. The minimum absolute atomic E-state index is 0.0294. The highest BCUT2D eigenvalue weighted by atomic mass is 32.2. The molecule has 1 aromatic carbocycles. The first-order valence-corrected chi connectivity index (χ1v) is 11.1. The van der Waals surface area contributed by atoms with Crippen LogP contribution in [0.1, 0.15) is 29.4 Å². The average molecular weight is 475 g/mol. The van der Waals surface area contributed by atoms with E-state index < -0.39 is 33.6 Å². The maximum Gasteiger partial charge on any atom is 0.433 e. The Bertz CT molecular complexity index is 1100. The number of benzene rings is 1. The van der Waals surface area contributed by atoms with Crippen LogP contribution in [0.5, 0.6) is 0 Å². The summed E-state index contributed by atoms with van der Waals surface area (Å²) < 4.78 is 82.2. The number of hydrogen-bond acceptors (Lipinski definition) is 5. The van der Waals surface area contributed by atoms with Crippen molar-refractivity contribution < 1.29 is 35.5 Å². The number of halogens is 4. The zero-order valence-corrected chi connectivity index (χ0v) is 18.0. The number of nitrogens with one attached hydrogen (secondary N) is 2. The number of carbonyl (C=O) groups is 1. The van der Waals surface area contributed by atoms with Gasteiger partial charge in [0.05, 0.1) is 24.2 Å². The number of anilines is 1. The van der Waals surface area contributed by atoms with Crippen LogP contribution < -0.4 is 10.0 Å². The number of rotatable bonds is 9. The molecule has 12 heteroatoms. The van der Waals surface area contributed by atoms with Crippen molar-refractivity contribution in [3.63, 3.8) is 0 Å². The van der Waals surface area contributed by atoms with Gasteiger partial charge < -0.3 is 10.1 Å². The molecular weight excluding hydrogens is 454 g/mol. The van der Waals surface area contributed by atoms with Gasteiger partial charge in [-0.25, -0.2) is 17.8 Å². The van der Waals surface area contributed by atoms with Gasteiger partial charge in [0.15, 0.2) is 0 Å². The van der Waals surface area contributed by atoms with Crippen molar-refractivity contribution in [2.75, 3.05) is 17.6 Å². The average Bonchev–Trinajstić information content (AvgIpc) is 2.69. The van der Waals surface area contributed by atoms with Crippen molar-refractivity contribution in [3.8, 4) is 0 Å². The molecule has 1 aromatic heterocycles. The topological polar surface area (TPSA) is 97.4 Å². The Morgan fingerprint density at radius 1 is 1.22 bits per heavy atom. The van der Waals surface area contributed by atoms with Crippen molar-refractivity contribution >= 4 is 27.7 Å². The molecule has 2 rings (SSSR count). The van der Waals surface area contributed by atoms with E-state index in [-0.39, 0.29) is 36.7 Å². The molecule has 0 aliphatic heterocycles. The van der Waals surface area contributed by atoms with Gasteiger partial charge in [-0.15, -0.1) is 0 Å². The van der Waals surface area contributed by atoms with Crippen molar-refractivity contribution in [2.45, 2.75) is 26.3 Å². The number of amides is 1. The van der Waals surface area contributed by atoms with E-state index in [4.69, 9.17) is 4.74 Å². The molecule has 2 N–H and O–H groups in total. The second-order valence-electron chi connectivity index (χ2n) is 6.61. The largest absolute Gasteiger partial charge is 0.433 e. The number of aromatic nitrogens is 1. The summed E-state index contributed by atoms with van der Waals surface area (Å²) in [5.74, 6) is -1.39. The first-order valence-electron chi connectivity index (χ1n) is 9.26. The molecule has 1 amide bonds. The first-order chi connectivity index (χ1) is 14.9. The third-order valence-electron chi connectivity index (χ3n) is 3.95. The van der Waals surface area contributed by atoms with Crippen molar-refractivity contribution in [1.82, 2.24) is 10.3 Å².